The molecule has 1 aliphatic rings. The van der Waals surface area contributed by atoms with Crippen LogP contribution in [0.25, 0.3) is 10.8 Å². The molecule has 0 heterocycles. The molecule has 4 aromatic carbocycles. The molecule has 0 N–H and O–H groups in total. The summed E-state index contributed by atoms with van der Waals surface area (Å²) < 4.78 is 1.39. The maximum Gasteiger partial charge on any atom is 0.0460 e. The highest BCUT2D eigenvalue weighted by Crippen LogP contribution is 2.49. The largest absolute Gasteiger partial charge is 0.0622 e. The van der Waals surface area contributed by atoms with Crippen molar-refractivity contribution in [2.75, 3.05) is 0 Å². The van der Waals surface area contributed by atoms with E-state index in [2.05, 4.69) is 114 Å². The van der Waals surface area contributed by atoms with Gasteiger partial charge in [0.25, 0.3) is 0 Å². The summed E-state index contributed by atoms with van der Waals surface area (Å²) in [6, 6.07) is 33.5. The maximum atomic E-state index is 2.50. The van der Waals surface area contributed by atoms with Crippen LogP contribution in [0.2, 0.25) is 0 Å². The fourth-order valence-electron chi connectivity index (χ4n) is 4.69. The molecule has 5 rings (SSSR count). The molecule has 0 aliphatic heterocycles. The summed E-state index contributed by atoms with van der Waals surface area (Å²) in [4.78, 5) is 0. The van der Waals surface area contributed by atoms with Crippen molar-refractivity contribution in [2.24, 2.45) is 0 Å². The zero-order chi connectivity index (χ0) is 17.6. The van der Waals surface area contributed by atoms with Crippen molar-refractivity contribution in [1.82, 2.24) is 0 Å². The molecule has 0 amide bonds. The summed E-state index contributed by atoms with van der Waals surface area (Å²) >= 11 is 2.50. The first-order valence-electron chi connectivity index (χ1n) is 9.12. The molecule has 0 fully saturated rings. The van der Waals surface area contributed by atoms with Gasteiger partial charge in [0.05, 0.1) is 0 Å². The Morgan fingerprint density at radius 3 is 1.96 bits per heavy atom. The third-order valence-corrected chi connectivity index (χ3v) is 6.85. The van der Waals surface area contributed by atoms with Gasteiger partial charge in [0.2, 0.25) is 0 Å². The van der Waals surface area contributed by atoms with Crippen LogP contribution in [-0.2, 0) is 11.8 Å². The van der Waals surface area contributed by atoms with Gasteiger partial charge < -0.3 is 0 Å². The average Bonchev–Trinajstić information content (AvgIpc) is 2.72. The summed E-state index contributed by atoms with van der Waals surface area (Å²) in [7, 11) is 0. The molecule has 0 bridgehead atoms. The SMILES string of the molecule is Ic1ccc2cccc3c2c1CCC3(c1ccccc1)c1ccccc1. The van der Waals surface area contributed by atoms with Gasteiger partial charge in [-0.3, -0.25) is 0 Å². The predicted molar refractivity (Wildman–Crippen MR) is 118 cm³/mol. The van der Waals surface area contributed by atoms with E-state index in [4.69, 9.17) is 0 Å². The molecular formula is C25H19I. The van der Waals surface area contributed by atoms with Crippen LogP contribution in [0.15, 0.2) is 91.0 Å². The first-order chi connectivity index (χ1) is 12.8. The van der Waals surface area contributed by atoms with E-state index in [0.717, 1.165) is 12.8 Å². The fourth-order valence-corrected chi connectivity index (χ4v) is 5.41. The molecular weight excluding hydrogens is 427 g/mol. The molecule has 0 atom stereocenters. The van der Waals surface area contributed by atoms with Gasteiger partial charge in [0.15, 0.2) is 0 Å². The molecule has 1 heteroatoms. The molecule has 0 saturated carbocycles. The molecule has 4 aromatic rings. The third-order valence-electron chi connectivity index (χ3n) is 5.84. The molecule has 1 aliphatic carbocycles. The second-order valence-corrected chi connectivity index (χ2v) is 8.23. The lowest BCUT2D eigenvalue weighted by Gasteiger charge is -2.40. The van der Waals surface area contributed by atoms with Gasteiger partial charge >= 0.3 is 0 Å². The highest BCUT2D eigenvalue weighted by molar-refractivity contribution is 14.1. The summed E-state index contributed by atoms with van der Waals surface area (Å²) in [5.74, 6) is 0. The van der Waals surface area contributed by atoms with E-state index < -0.39 is 0 Å². The Morgan fingerprint density at radius 2 is 1.31 bits per heavy atom. The number of aryl methyl sites for hydroxylation is 1. The zero-order valence-corrected chi connectivity index (χ0v) is 16.6. The van der Waals surface area contributed by atoms with Crippen molar-refractivity contribution in [1.29, 1.82) is 0 Å². The number of halogens is 1. The minimum atomic E-state index is -0.0839. The number of rotatable bonds is 2. The minimum Gasteiger partial charge on any atom is -0.0622 e. The van der Waals surface area contributed by atoms with Gasteiger partial charge in [-0.15, -0.1) is 0 Å². The van der Waals surface area contributed by atoms with Crippen molar-refractivity contribution in [2.45, 2.75) is 18.3 Å². The van der Waals surface area contributed by atoms with Crippen molar-refractivity contribution in [3.8, 4) is 0 Å². The van der Waals surface area contributed by atoms with Gasteiger partial charge in [-0.1, -0.05) is 84.9 Å². The van der Waals surface area contributed by atoms with E-state index in [-0.39, 0.29) is 5.41 Å². The first kappa shape index (κ1) is 16.1. The van der Waals surface area contributed by atoms with E-state index in [9.17, 15) is 0 Å². The Kier molecular flexibility index (Phi) is 3.86. The lowest BCUT2D eigenvalue weighted by atomic mass is 9.62. The van der Waals surface area contributed by atoms with E-state index >= 15 is 0 Å². The second kappa shape index (κ2) is 6.24. The fraction of sp³-hybridized carbons (Fsp3) is 0.120. The smallest absolute Gasteiger partial charge is 0.0460 e. The number of hydrogen-bond acceptors (Lipinski definition) is 0. The minimum absolute atomic E-state index is 0.0839. The first-order valence-corrected chi connectivity index (χ1v) is 10.2. The van der Waals surface area contributed by atoms with Crippen LogP contribution in [0, 0.1) is 3.57 Å². The van der Waals surface area contributed by atoms with Crippen LogP contribution in [-0.4, -0.2) is 0 Å². The zero-order valence-electron chi connectivity index (χ0n) is 14.5. The molecule has 0 saturated heterocycles. The number of benzene rings is 4. The van der Waals surface area contributed by atoms with Crippen LogP contribution in [0.1, 0.15) is 28.7 Å². The van der Waals surface area contributed by atoms with Gasteiger partial charge in [0.1, 0.15) is 0 Å². The Morgan fingerprint density at radius 1 is 0.654 bits per heavy atom. The molecule has 26 heavy (non-hydrogen) atoms. The van der Waals surface area contributed by atoms with Gasteiger partial charge in [-0.25, -0.2) is 0 Å². The molecule has 0 unspecified atom stereocenters. The third kappa shape index (κ3) is 2.26. The van der Waals surface area contributed by atoms with Crippen LogP contribution < -0.4 is 0 Å². The normalized spacial score (nSPS) is 15.1. The average molecular weight is 446 g/mol. The van der Waals surface area contributed by atoms with Crippen molar-refractivity contribution < 1.29 is 0 Å². The quantitative estimate of drug-likeness (QED) is 0.300. The lowest BCUT2D eigenvalue weighted by Crippen LogP contribution is -2.33. The Balaban J connectivity index is 1.93. The lowest BCUT2D eigenvalue weighted by molar-refractivity contribution is 0.551. The second-order valence-electron chi connectivity index (χ2n) is 7.07. The van der Waals surface area contributed by atoms with Gasteiger partial charge in [-0.05, 0) is 74.5 Å². The maximum absolute atomic E-state index is 2.50. The Hall–Kier alpha value is -2.13. The van der Waals surface area contributed by atoms with Crippen LogP contribution in [0.3, 0.4) is 0 Å². The van der Waals surface area contributed by atoms with E-state index in [1.165, 1.54) is 36.6 Å². The predicted octanol–water partition coefficient (Wildman–Crippen LogP) is 6.73. The molecule has 0 spiro atoms. The van der Waals surface area contributed by atoms with Crippen molar-refractivity contribution in [3.05, 3.63) is 117 Å². The van der Waals surface area contributed by atoms with Crippen molar-refractivity contribution in [3.63, 3.8) is 0 Å². The summed E-state index contributed by atoms with van der Waals surface area (Å²) in [5.41, 5.74) is 5.67. The van der Waals surface area contributed by atoms with Crippen LogP contribution in [0.4, 0.5) is 0 Å². The summed E-state index contributed by atoms with van der Waals surface area (Å²) in [6.07, 6.45) is 2.21. The summed E-state index contributed by atoms with van der Waals surface area (Å²) in [6.45, 7) is 0. The van der Waals surface area contributed by atoms with Crippen molar-refractivity contribution >= 4 is 33.4 Å². The molecule has 0 nitrogen and oxygen atoms in total. The molecule has 126 valence electrons. The van der Waals surface area contributed by atoms with E-state index in [1.807, 2.05) is 0 Å². The van der Waals surface area contributed by atoms with Crippen LogP contribution in [0.5, 0.6) is 0 Å². The monoisotopic (exact) mass is 446 g/mol. The van der Waals surface area contributed by atoms with E-state index in [0.29, 0.717) is 0 Å². The number of hydrogen-bond donors (Lipinski definition) is 0. The standard InChI is InChI=1S/C25H19I/c26-23-15-14-18-8-7-13-22-24(18)21(23)16-17-25(22,19-9-3-1-4-10-19)20-11-5-2-6-12-20/h1-15H,16-17H2. The topological polar surface area (TPSA) is 0 Å². The van der Waals surface area contributed by atoms with E-state index in [1.54, 1.807) is 0 Å². The molecule has 0 radical (unpaired) electrons. The Bertz CT molecular complexity index is 1040. The van der Waals surface area contributed by atoms with Crippen LogP contribution >= 0.6 is 22.6 Å². The highest BCUT2D eigenvalue weighted by Gasteiger charge is 2.40. The highest BCUT2D eigenvalue weighted by atomic mass is 127. The van der Waals surface area contributed by atoms with Gasteiger partial charge in [-0.2, -0.15) is 0 Å². The summed E-state index contributed by atoms with van der Waals surface area (Å²) in [5, 5.41) is 2.81. The molecule has 0 aromatic heterocycles. The Labute approximate surface area is 168 Å². The van der Waals surface area contributed by atoms with Gasteiger partial charge in [0, 0.05) is 8.99 Å².